The van der Waals surface area contributed by atoms with Crippen LogP contribution < -0.4 is 70.2 Å². The summed E-state index contributed by atoms with van der Waals surface area (Å²) < 4.78 is 19.3. The molecule has 10 atom stereocenters. The lowest BCUT2D eigenvalue weighted by atomic mass is 10.1. The Morgan fingerprint density at radius 1 is 0.518 bits per heavy atom. The van der Waals surface area contributed by atoms with Crippen LogP contribution in [0.25, 0.3) is 28.2 Å². The van der Waals surface area contributed by atoms with Crippen molar-refractivity contribution >= 4 is 210 Å². The molecule has 10 heterocycles. The number of carbonyl (C=O) groups is 1. The van der Waals surface area contributed by atoms with Gasteiger partial charge in [0.1, 0.15) is 40.7 Å². The lowest BCUT2D eigenvalue weighted by Gasteiger charge is -2.20. The van der Waals surface area contributed by atoms with Gasteiger partial charge in [0.05, 0.1) is 45.1 Å². The number of aliphatic hydroxyl groups excluding tert-OH is 1. The zero-order chi connectivity index (χ0) is 72.5. The van der Waals surface area contributed by atoms with Crippen molar-refractivity contribution in [1.29, 1.82) is 0 Å². The van der Waals surface area contributed by atoms with Gasteiger partial charge in [-0.3, -0.25) is 0 Å². The van der Waals surface area contributed by atoms with Gasteiger partial charge >= 0.3 is 6.09 Å². The van der Waals surface area contributed by atoms with Gasteiger partial charge in [0.15, 0.2) is 28.2 Å². The molecule has 10 aromatic rings. The summed E-state index contributed by atoms with van der Waals surface area (Å²) in [5.74, 6) is 8.63. The normalized spacial score (nSPS) is 21.4. The highest BCUT2D eigenvalue weighted by Crippen LogP contribution is 2.42. The van der Waals surface area contributed by atoms with Crippen LogP contribution in [0, 0.1) is 12.8 Å². The van der Waals surface area contributed by atoms with Crippen LogP contribution in [0.1, 0.15) is 177 Å². The molecule has 0 radical (unpaired) electrons. The quantitative estimate of drug-likeness (QED) is 0.0338. The van der Waals surface area contributed by atoms with Crippen LogP contribution in [0.15, 0.2) is 79.4 Å². The molecular formula is C73H127N27O4S10. The smallest absolute Gasteiger partial charge is 0.407 e. The first kappa shape index (κ1) is 102. The van der Waals surface area contributed by atoms with E-state index in [9.17, 15) is 4.79 Å². The van der Waals surface area contributed by atoms with Crippen LogP contribution in [-0.2, 0) is 11.2 Å². The average Bonchev–Trinajstić information content (AvgIpc) is 1.63. The Morgan fingerprint density at radius 2 is 0.939 bits per heavy atom. The average molecular weight is 1770 g/mol. The van der Waals surface area contributed by atoms with Gasteiger partial charge in [0.2, 0.25) is 5.88 Å². The second-order valence-corrected chi connectivity index (χ2v) is 29.8. The third-order valence-corrected chi connectivity index (χ3v) is 20.5. The molecule has 10 aromatic heterocycles. The Bertz CT molecular complexity index is 4530. The number of nitrogens with two attached hydrogens (primary N) is 5. The van der Waals surface area contributed by atoms with E-state index in [0.29, 0.717) is 90.9 Å². The topological polar surface area (TPSA) is 412 Å². The molecule has 17 rings (SSSR count). The number of alkyl carbamates (subject to hydrolysis) is 1. The number of anilines is 7. The molecule has 41 heteroatoms. The maximum Gasteiger partial charge on any atom is 0.407 e. The van der Waals surface area contributed by atoms with Gasteiger partial charge < -0.3 is 80.0 Å². The van der Waals surface area contributed by atoms with E-state index in [4.69, 9.17) is 43.5 Å². The summed E-state index contributed by atoms with van der Waals surface area (Å²) in [6.07, 6.45) is 28.3. The van der Waals surface area contributed by atoms with Gasteiger partial charge in [-0.25, -0.2) is 24.7 Å². The minimum atomic E-state index is -0.356. The van der Waals surface area contributed by atoms with E-state index in [1.165, 1.54) is 32.8 Å². The van der Waals surface area contributed by atoms with Crippen molar-refractivity contribution in [2.75, 3.05) is 71.1 Å². The Labute approximate surface area is 738 Å². The first-order valence-electron chi connectivity index (χ1n) is 37.6. The van der Waals surface area contributed by atoms with E-state index in [0.717, 1.165) is 189 Å². The molecule has 0 spiro atoms. The molecule has 7 aliphatic carbocycles. The molecule has 0 aromatic carbocycles. The zero-order valence-corrected chi connectivity index (χ0v) is 76.0. The molecule has 17 N–H and O–H groups in total. The number of aryl methyl sites for hydroxylation is 1. The number of nitrogens with one attached hydrogen (secondary N) is 6. The number of likely N-dealkylation sites (N-methyl/N-ethyl adjacent to an activating group) is 1. The largest absolute Gasteiger partial charge is 0.478 e. The second kappa shape index (κ2) is 47.6. The van der Waals surface area contributed by atoms with Crippen molar-refractivity contribution in [2.24, 2.45) is 28.9 Å². The van der Waals surface area contributed by atoms with Crippen molar-refractivity contribution in [3.05, 3.63) is 102 Å². The number of amides is 1. The number of aliphatic hydroxyl groups is 1. The van der Waals surface area contributed by atoms with E-state index >= 15 is 0 Å². The number of nitrogen functional groups attached to an aromatic ring is 1. The Hall–Kier alpha value is -5.93. The summed E-state index contributed by atoms with van der Waals surface area (Å²) in [4.78, 5) is 36.3. The molecule has 7 aliphatic rings. The summed E-state index contributed by atoms with van der Waals surface area (Å²) >= 11 is 0. The third-order valence-electron chi connectivity index (χ3n) is 20.5. The molecule has 1 amide bonds. The number of rotatable bonds is 20. The molecule has 31 nitrogen and oxygen atoms in total. The number of methoxy groups -OCH3 is 1. The highest BCUT2D eigenvalue weighted by atomic mass is 32.1. The van der Waals surface area contributed by atoms with Gasteiger partial charge in [-0.2, -0.15) is 183 Å². The maximum absolute atomic E-state index is 11.3. The fourth-order valence-corrected chi connectivity index (χ4v) is 14.9. The maximum atomic E-state index is 11.3. The fourth-order valence-electron chi connectivity index (χ4n) is 14.9. The van der Waals surface area contributed by atoms with Gasteiger partial charge in [-0.15, -0.1) is 5.10 Å². The number of ether oxygens (including phenoxy) is 2. The number of hydrogen-bond acceptors (Lipinski definition) is 25. The van der Waals surface area contributed by atoms with Crippen molar-refractivity contribution in [3.63, 3.8) is 0 Å². The number of aromatic nitrogens is 15. The SMILES string of the molecule is CCOc1cc(N[C@H]2CC[C@H](N)C2)n2nccc2n1.CN(CCO)c1cc(N[C@H]2CC[C@H](N)C2)n2nccc2n1.COC(=O)N[C@H]1CC[C@H](Nc2cc(C3CC3)nc3ccnn23)C1.Cc1cnn2c(N[C@H]3CC[C@H](N)C3)cc(CC(C)C)nc12.Nc1cc2nc(C3CC3)cc(N[C@H]3CC[C@H](N)C3)n2n1.S.S.S.S.S.S.S.S.S.S. The first-order valence-corrected chi connectivity index (χ1v) is 37.6. The summed E-state index contributed by atoms with van der Waals surface area (Å²) in [5.41, 5.74) is 38.6. The van der Waals surface area contributed by atoms with Crippen molar-refractivity contribution < 1.29 is 19.4 Å². The fraction of sp³-hybridized carbons (Fsp3) is 0.575. The molecule has 0 unspecified atom stereocenters. The van der Waals surface area contributed by atoms with E-state index in [1.807, 2.05) is 75.0 Å². The van der Waals surface area contributed by atoms with Gasteiger partial charge in [0, 0.05) is 163 Å². The number of nitrogens with zero attached hydrogens (tertiary/aromatic N) is 16. The molecule has 638 valence electrons. The highest BCUT2D eigenvalue weighted by Gasteiger charge is 2.32. The van der Waals surface area contributed by atoms with Crippen LogP contribution >= 0.6 is 135 Å². The molecule has 7 saturated carbocycles. The molecule has 0 aliphatic heterocycles. The Kier molecular flexibility index (Phi) is 42.7. The third kappa shape index (κ3) is 27.0. The minimum Gasteiger partial charge on any atom is -0.478 e. The molecule has 0 bridgehead atoms. The van der Waals surface area contributed by atoms with Crippen molar-refractivity contribution in [3.8, 4) is 5.88 Å². The predicted molar refractivity (Wildman–Crippen MR) is 509 cm³/mol. The van der Waals surface area contributed by atoms with Gasteiger partial charge in [-0.05, 0) is 148 Å². The standard InChI is InChI=1S/C16H21N5O2.C16H25N5.C14H22N6O.C14H20N6.C13H19N5O.10H2S/c1-23-16(22)19-12-5-4-11(8-12)18-15-9-13(10-2-3-10)20-14-6-7-17-21(14)15;1-10(2)6-14-8-15(19-13-5-4-12(17)7-13)21-16(20-14)11(3)9-18-21;1-19(6-7-21)13-9-14(17-11-3-2-10(15)8-11)20-12(18-13)4-5-16-20;15-9-3-4-10(5-9)17-13-6-11(8-1-2-8)18-14-7-12(16)19-20(13)14;1-2-19-13-8-12(16-10-4-3-9(14)7-10)18-11(17-13)5-6-15-18;;;;;;;;;;/h6-7,9-12,18H,2-5,8H2,1H3,(H,19,22);8-10,12-13,19H,4-7,17H2,1-3H3;4-5,9-11,17,21H,2-3,6-8,15H2,1H3;6-10,17H,1-5,15H2,(H2,16,19);5-6,8-10,16H,2-4,7,14H2,1H3;10*1H2/t11-,12-;12-,13-;10-,11-;2*9-,10-;;;;;;;;;;/m00000........../s1. The molecular weight excluding hydrogens is 1640 g/mol. The highest BCUT2D eigenvalue weighted by molar-refractivity contribution is 7.60. The van der Waals surface area contributed by atoms with E-state index in [-0.39, 0.29) is 160 Å². The van der Waals surface area contributed by atoms with Crippen LogP contribution in [0.3, 0.4) is 0 Å². The Morgan fingerprint density at radius 3 is 1.39 bits per heavy atom. The summed E-state index contributed by atoms with van der Waals surface area (Å²) in [7, 11) is 3.31. The van der Waals surface area contributed by atoms with Crippen LogP contribution in [0.4, 0.5) is 45.5 Å². The van der Waals surface area contributed by atoms with E-state index in [2.05, 4.69) is 121 Å². The summed E-state index contributed by atoms with van der Waals surface area (Å²) in [6, 6.07) is 21.1. The summed E-state index contributed by atoms with van der Waals surface area (Å²) in [6.45, 7) is 9.70. The number of fused-ring (bicyclic) bond motifs is 5. The lowest BCUT2D eigenvalue weighted by molar-refractivity contribution is 0.166. The predicted octanol–water partition coefficient (Wildman–Crippen LogP) is 9.30. The van der Waals surface area contributed by atoms with Crippen LogP contribution in [-0.4, -0.2) is 179 Å². The lowest BCUT2D eigenvalue weighted by Crippen LogP contribution is -2.33. The number of hydrogen-bond donors (Lipinski definition) is 12. The monoisotopic (exact) mass is 1770 g/mol. The van der Waals surface area contributed by atoms with Crippen molar-refractivity contribution in [1.82, 2.24) is 78.3 Å². The van der Waals surface area contributed by atoms with Crippen LogP contribution in [0.5, 0.6) is 5.88 Å². The first-order chi connectivity index (χ1) is 50.4. The van der Waals surface area contributed by atoms with Crippen LogP contribution in [0.2, 0.25) is 0 Å². The number of carbonyl (C=O) groups excluding carboxylic acids is 1. The van der Waals surface area contributed by atoms with Crippen molar-refractivity contribution in [2.45, 2.75) is 228 Å². The summed E-state index contributed by atoms with van der Waals surface area (Å²) in [5, 5.41) is 51.5. The van der Waals surface area contributed by atoms with E-state index < -0.39 is 0 Å². The molecule has 7 fully saturated rings. The molecule has 0 saturated heterocycles. The molecule has 114 heavy (non-hydrogen) atoms. The second-order valence-electron chi connectivity index (χ2n) is 29.8. The van der Waals surface area contributed by atoms with Gasteiger partial charge in [0.25, 0.3) is 0 Å². The van der Waals surface area contributed by atoms with Gasteiger partial charge in [-0.1, -0.05) is 13.8 Å². The zero-order valence-electron chi connectivity index (χ0n) is 66.0. The van der Waals surface area contributed by atoms with E-state index in [1.54, 1.807) is 27.6 Å². The minimum absolute atomic E-state index is 0. The Balaban J connectivity index is 0.000000361.